The molecule has 1 unspecified atom stereocenters. The lowest BCUT2D eigenvalue weighted by Crippen LogP contribution is -2.22. The van der Waals surface area contributed by atoms with Gasteiger partial charge in [-0.05, 0) is 6.08 Å². The summed E-state index contributed by atoms with van der Waals surface area (Å²) in [5.74, 6) is 0.436. The van der Waals surface area contributed by atoms with Crippen molar-refractivity contribution in [2.24, 2.45) is 5.73 Å². The standard InChI is InChI=1S/C9H9NO2/c10-9-5-7(11)6-3-1-2-4-8(6)12-9/h1-5,8,11H,10H2. The molecule has 3 nitrogen and oxygen atoms in total. The van der Waals surface area contributed by atoms with Crippen LogP contribution in [0.25, 0.3) is 0 Å². The lowest BCUT2D eigenvalue weighted by Gasteiger charge is -2.23. The van der Waals surface area contributed by atoms with Crippen molar-refractivity contribution in [1.29, 1.82) is 0 Å². The highest BCUT2D eigenvalue weighted by molar-refractivity contribution is 5.42. The lowest BCUT2D eigenvalue weighted by atomic mass is 10.0. The van der Waals surface area contributed by atoms with E-state index in [-0.39, 0.29) is 17.7 Å². The van der Waals surface area contributed by atoms with Crippen LogP contribution in [0, 0.1) is 0 Å². The molecule has 1 atom stereocenters. The van der Waals surface area contributed by atoms with Gasteiger partial charge < -0.3 is 15.6 Å². The molecule has 1 heterocycles. The predicted octanol–water partition coefficient (Wildman–Crippen LogP) is 1.12. The quantitative estimate of drug-likeness (QED) is 0.562. The average molecular weight is 163 g/mol. The Bertz CT molecular complexity index is 323. The SMILES string of the molecule is NC1=CC(O)=C2C=CC=CC2O1. The van der Waals surface area contributed by atoms with Crippen LogP contribution >= 0.6 is 0 Å². The van der Waals surface area contributed by atoms with E-state index >= 15 is 0 Å². The maximum Gasteiger partial charge on any atom is 0.188 e. The molecular weight excluding hydrogens is 154 g/mol. The molecule has 0 aromatic carbocycles. The predicted molar refractivity (Wildman–Crippen MR) is 45.1 cm³/mol. The molecule has 2 aliphatic rings. The molecular formula is C9H9NO2. The summed E-state index contributed by atoms with van der Waals surface area (Å²) in [5.41, 5.74) is 6.18. The van der Waals surface area contributed by atoms with Gasteiger partial charge in [-0.3, -0.25) is 0 Å². The van der Waals surface area contributed by atoms with E-state index in [1.54, 1.807) is 0 Å². The van der Waals surface area contributed by atoms with E-state index in [0.717, 1.165) is 5.57 Å². The lowest BCUT2D eigenvalue weighted by molar-refractivity contribution is 0.167. The van der Waals surface area contributed by atoms with Gasteiger partial charge in [-0.25, -0.2) is 0 Å². The first-order chi connectivity index (χ1) is 5.77. The summed E-state index contributed by atoms with van der Waals surface area (Å²) in [6.07, 6.45) is 8.55. The minimum Gasteiger partial charge on any atom is -0.507 e. The molecule has 12 heavy (non-hydrogen) atoms. The zero-order chi connectivity index (χ0) is 8.55. The van der Waals surface area contributed by atoms with Crippen LogP contribution in [0.4, 0.5) is 0 Å². The number of aliphatic hydroxyl groups is 1. The van der Waals surface area contributed by atoms with E-state index in [2.05, 4.69) is 0 Å². The molecule has 0 amide bonds. The Hall–Kier alpha value is -1.64. The molecule has 2 rings (SSSR count). The van der Waals surface area contributed by atoms with Crippen molar-refractivity contribution in [2.45, 2.75) is 6.10 Å². The smallest absolute Gasteiger partial charge is 0.188 e. The maximum absolute atomic E-state index is 9.43. The number of ether oxygens (including phenoxy) is 1. The van der Waals surface area contributed by atoms with Gasteiger partial charge >= 0.3 is 0 Å². The molecule has 62 valence electrons. The number of fused-ring (bicyclic) bond motifs is 1. The minimum atomic E-state index is -0.222. The molecule has 0 aromatic rings. The maximum atomic E-state index is 9.43. The van der Waals surface area contributed by atoms with Crippen molar-refractivity contribution >= 4 is 0 Å². The van der Waals surface area contributed by atoms with Gasteiger partial charge in [0.1, 0.15) is 11.9 Å². The largest absolute Gasteiger partial charge is 0.507 e. The van der Waals surface area contributed by atoms with Gasteiger partial charge in [-0.2, -0.15) is 0 Å². The molecule has 0 spiro atoms. The molecule has 0 radical (unpaired) electrons. The van der Waals surface area contributed by atoms with Gasteiger partial charge in [-0.15, -0.1) is 0 Å². The van der Waals surface area contributed by atoms with Gasteiger partial charge in [-0.1, -0.05) is 18.2 Å². The Morgan fingerprint density at radius 2 is 2.25 bits per heavy atom. The first-order valence-corrected chi connectivity index (χ1v) is 3.69. The summed E-state index contributed by atoms with van der Waals surface area (Å²) >= 11 is 0. The zero-order valence-corrected chi connectivity index (χ0v) is 6.40. The van der Waals surface area contributed by atoms with Gasteiger partial charge in [0.05, 0.1) is 0 Å². The summed E-state index contributed by atoms with van der Waals surface area (Å²) in [5, 5.41) is 9.43. The van der Waals surface area contributed by atoms with Crippen LogP contribution in [0.2, 0.25) is 0 Å². The third-order valence-corrected chi connectivity index (χ3v) is 1.82. The number of allylic oxidation sites excluding steroid dienone is 3. The van der Waals surface area contributed by atoms with Crippen LogP contribution in [0.3, 0.4) is 0 Å². The van der Waals surface area contributed by atoms with Gasteiger partial charge in [0.25, 0.3) is 0 Å². The topological polar surface area (TPSA) is 55.5 Å². The Morgan fingerprint density at radius 3 is 3.08 bits per heavy atom. The molecule has 1 aliphatic heterocycles. The summed E-state index contributed by atoms with van der Waals surface area (Å²) in [7, 11) is 0. The van der Waals surface area contributed by atoms with Crippen LogP contribution in [0.1, 0.15) is 0 Å². The van der Waals surface area contributed by atoms with Crippen molar-refractivity contribution in [3.8, 4) is 0 Å². The average Bonchev–Trinajstić information content (AvgIpc) is 2.04. The summed E-state index contributed by atoms with van der Waals surface area (Å²) in [6, 6.07) is 0. The van der Waals surface area contributed by atoms with Crippen molar-refractivity contribution < 1.29 is 9.84 Å². The van der Waals surface area contributed by atoms with E-state index in [9.17, 15) is 5.11 Å². The number of hydrogen-bond acceptors (Lipinski definition) is 3. The summed E-state index contributed by atoms with van der Waals surface area (Å²) in [4.78, 5) is 0. The van der Waals surface area contributed by atoms with E-state index in [0.29, 0.717) is 0 Å². The Balaban J connectivity index is 2.44. The van der Waals surface area contributed by atoms with E-state index < -0.39 is 0 Å². The molecule has 0 saturated carbocycles. The normalized spacial score (nSPS) is 26.3. The number of aliphatic hydroxyl groups excluding tert-OH is 1. The van der Waals surface area contributed by atoms with Crippen molar-refractivity contribution in [3.05, 3.63) is 47.6 Å². The molecule has 0 bridgehead atoms. The van der Waals surface area contributed by atoms with Crippen LogP contribution < -0.4 is 5.73 Å². The third kappa shape index (κ3) is 0.993. The van der Waals surface area contributed by atoms with Crippen LogP contribution in [-0.2, 0) is 4.74 Å². The second kappa shape index (κ2) is 2.44. The molecule has 1 aliphatic carbocycles. The minimum absolute atomic E-state index is 0.185. The highest BCUT2D eigenvalue weighted by Crippen LogP contribution is 2.24. The van der Waals surface area contributed by atoms with Gasteiger partial charge in [0.15, 0.2) is 5.88 Å². The molecule has 0 aromatic heterocycles. The van der Waals surface area contributed by atoms with Crippen molar-refractivity contribution in [2.75, 3.05) is 0 Å². The van der Waals surface area contributed by atoms with Crippen LogP contribution in [0.15, 0.2) is 47.6 Å². The van der Waals surface area contributed by atoms with E-state index in [4.69, 9.17) is 10.5 Å². The monoisotopic (exact) mass is 163 g/mol. The highest BCUT2D eigenvalue weighted by atomic mass is 16.5. The zero-order valence-electron chi connectivity index (χ0n) is 6.40. The van der Waals surface area contributed by atoms with Gasteiger partial charge in [0, 0.05) is 11.6 Å². The first kappa shape index (κ1) is 7.03. The first-order valence-electron chi connectivity index (χ1n) is 3.69. The van der Waals surface area contributed by atoms with Gasteiger partial charge in [0.2, 0.25) is 0 Å². The number of rotatable bonds is 0. The van der Waals surface area contributed by atoms with E-state index in [1.165, 1.54) is 6.08 Å². The number of hydrogen-bond donors (Lipinski definition) is 2. The van der Waals surface area contributed by atoms with Crippen LogP contribution in [-0.4, -0.2) is 11.2 Å². The number of nitrogens with two attached hydrogens (primary N) is 1. The van der Waals surface area contributed by atoms with E-state index in [1.807, 2.05) is 24.3 Å². The Labute approximate surface area is 70.1 Å². The summed E-state index contributed by atoms with van der Waals surface area (Å²) in [6.45, 7) is 0. The Morgan fingerprint density at radius 1 is 1.42 bits per heavy atom. The van der Waals surface area contributed by atoms with Crippen molar-refractivity contribution in [1.82, 2.24) is 0 Å². The fourth-order valence-corrected chi connectivity index (χ4v) is 1.26. The van der Waals surface area contributed by atoms with Crippen LogP contribution in [0.5, 0.6) is 0 Å². The second-order valence-electron chi connectivity index (χ2n) is 2.67. The highest BCUT2D eigenvalue weighted by Gasteiger charge is 2.21. The second-order valence-corrected chi connectivity index (χ2v) is 2.67. The molecule has 3 heteroatoms. The van der Waals surface area contributed by atoms with Crippen molar-refractivity contribution in [3.63, 3.8) is 0 Å². The molecule has 3 N–H and O–H groups in total. The third-order valence-electron chi connectivity index (χ3n) is 1.82. The summed E-state index contributed by atoms with van der Waals surface area (Å²) < 4.78 is 5.24. The molecule has 0 fully saturated rings. The Kier molecular flexibility index (Phi) is 1.43. The molecule has 0 saturated heterocycles. The fourth-order valence-electron chi connectivity index (χ4n) is 1.26. The fraction of sp³-hybridized carbons (Fsp3) is 0.111.